The van der Waals surface area contributed by atoms with Gasteiger partial charge >= 0.3 is 0 Å². The quantitative estimate of drug-likeness (QED) is 0.572. The Balaban J connectivity index is 1.63. The Kier molecular flexibility index (Phi) is 4.12. The first-order chi connectivity index (χ1) is 12.5. The maximum Gasteiger partial charge on any atom is 0.288 e. The number of nitrogens with zero attached hydrogens (tertiary/aromatic N) is 3. The van der Waals surface area contributed by atoms with E-state index in [-0.39, 0.29) is 23.4 Å². The Labute approximate surface area is 150 Å². The average molecular weight is 355 g/mol. The number of nitrogens with two attached hydrogens (primary N) is 1. The number of nitro groups is 1. The van der Waals surface area contributed by atoms with E-state index in [1.807, 2.05) is 18.2 Å². The smallest absolute Gasteiger partial charge is 0.288 e. The minimum atomic E-state index is -0.458. The Morgan fingerprint density at radius 1 is 1.42 bits per heavy atom. The van der Waals surface area contributed by atoms with Crippen molar-refractivity contribution in [1.82, 2.24) is 9.97 Å². The molecule has 0 spiro atoms. The van der Waals surface area contributed by atoms with E-state index in [1.54, 1.807) is 12.2 Å². The maximum absolute atomic E-state index is 11.1. The first-order valence-corrected chi connectivity index (χ1v) is 8.76. The number of nitrogens with one attached hydrogen (secondary N) is 1. The van der Waals surface area contributed by atoms with E-state index in [0.717, 1.165) is 36.1 Å². The largest absolute Gasteiger partial charge is 0.393 e. The third-order valence-corrected chi connectivity index (χ3v) is 5.04. The fourth-order valence-corrected chi connectivity index (χ4v) is 3.65. The zero-order valence-electron chi connectivity index (χ0n) is 14.3. The second-order valence-corrected chi connectivity index (χ2v) is 6.88. The third kappa shape index (κ3) is 3.03. The summed E-state index contributed by atoms with van der Waals surface area (Å²) >= 11 is 0. The van der Waals surface area contributed by atoms with Crippen LogP contribution in [0.2, 0.25) is 0 Å². The average Bonchev–Trinajstić information content (AvgIpc) is 3.05. The van der Waals surface area contributed by atoms with Gasteiger partial charge in [0.05, 0.1) is 22.1 Å². The van der Waals surface area contributed by atoms with Gasteiger partial charge in [0.25, 0.3) is 5.70 Å². The van der Waals surface area contributed by atoms with Gasteiger partial charge in [0, 0.05) is 30.8 Å². The molecule has 4 rings (SSSR count). The predicted molar refractivity (Wildman–Crippen MR) is 98.3 cm³/mol. The molecule has 0 radical (unpaired) electrons. The summed E-state index contributed by atoms with van der Waals surface area (Å²) in [6, 6.07) is 5.97. The summed E-state index contributed by atoms with van der Waals surface area (Å²) in [5.74, 6) is 0.495. The number of β-amino-alcohol motifs (C(OH)–C–C–N with tert-alkyl or cyclic N) is 1. The van der Waals surface area contributed by atoms with E-state index in [0.29, 0.717) is 18.8 Å². The molecular formula is C18H21N5O3. The van der Waals surface area contributed by atoms with Crippen LogP contribution in [0.25, 0.3) is 11.0 Å². The summed E-state index contributed by atoms with van der Waals surface area (Å²) < 4.78 is 0. The highest BCUT2D eigenvalue weighted by atomic mass is 16.6. The van der Waals surface area contributed by atoms with Crippen LogP contribution in [0.1, 0.15) is 31.0 Å². The van der Waals surface area contributed by atoms with Gasteiger partial charge in [-0.25, -0.2) is 4.98 Å². The number of hydrogen-bond acceptors (Lipinski definition) is 6. The van der Waals surface area contributed by atoms with Crippen LogP contribution in [-0.2, 0) is 0 Å². The van der Waals surface area contributed by atoms with E-state index in [2.05, 4.69) is 14.9 Å². The van der Waals surface area contributed by atoms with Crippen LogP contribution in [0.3, 0.4) is 0 Å². The van der Waals surface area contributed by atoms with Crippen molar-refractivity contribution >= 4 is 16.7 Å². The van der Waals surface area contributed by atoms with Gasteiger partial charge in [-0.2, -0.15) is 0 Å². The molecule has 1 aromatic carbocycles. The van der Waals surface area contributed by atoms with Gasteiger partial charge in [0.1, 0.15) is 11.5 Å². The van der Waals surface area contributed by atoms with Crippen LogP contribution in [0, 0.1) is 10.1 Å². The summed E-state index contributed by atoms with van der Waals surface area (Å²) in [6.07, 6.45) is 5.34. The Morgan fingerprint density at radius 2 is 2.27 bits per heavy atom. The molecule has 1 aliphatic heterocycles. The van der Waals surface area contributed by atoms with E-state index >= 15 is 0 Å². The Bertz CT molecular complexity index is 917. The number of aromatic amines is 1. The lowest BCUT2D eigenvalue weighted by Gasteiger charge is -2.31. The predicted octanol–water partition coefficient (Wildman–Crippen LogP) is 2.01. The molecule has 0 saturated carbocycles. The van der Waals surface area contributed by atoms with Crippen molar-refractivity contribution in [2.75, 3.05) is 18.0 Å². The van der Waals surface area contributed by atoms with Gasteiger partial charge in [-0.15, -0.1) is 0 Å². The molecular weight excluding hydrogens is 334 g/mol. The first-order valence-electron chi connectivity index (χ1n) is 8.76. The van der Waals surface area contributed by atoms with Crippen LogP contribution in [0.5, 0.6) is 0 Å². The maximum atomic E-state index is 11.1. The topological polar surface area (TPSA) is 121 Å². The standard InChI is InChI=1S/C18H21N5O3/c19-14-5-3-11(8-17(14)23(25)26)18-20-15-6-4-12(9-16(15)21-18)22-7-1-2-13(24)10-22/h4-6,8-9,11,13,24H,1-3,7,10,19H2,(H,20,21). The highest BCUT2D eigenvalue weighted by Crippen LogP contribution is 2.30. The van der Waals surface area contributed by atoms with Crippen molar-refractivity contribution in [3.63, 3.8) is 0 Å². The zero-order valence-corrected chi connectivity index (χ0v) is 14.3. The van der Waals surface area contributed by atoms with Crippen molar-refractivity contribution < 1.29 is 10.0 Å². The second-order valence-electron chi connectivity index (χ2n) is 6.88. The van der Waals surface area contributed by atoms with Crippen LogP contribution in [-0.4, -0.2) is 39.2 Å². The summed E-state index contributed by atoms with van der Waals surface area (Å²) in [7, 11) is 0. The van der Waals surface area contributed by atoms with Crippen molar-refractivity contribution in [2.45, 2.75) is 31.3 Å². The second kappa shape index (κ2) is 6.45. The van der Waals surface area contributed by atoms with Crippen LogP contribution >= 0.6 is 0 Å². The third-order valence-electron chi connectivity index (χ3n) is 5.04. The van der Waals surface area contributed by atoms with Crippen LogP contribution in [0.15, 0.2) is 41.7 Å². The lowest BCUT2D eigenvalue weighted by atomic mass is 9.97. The molecule has 2 unspecified atom stereocenters. The fraction of sp³-hybridized carbons (Fsp3) is 0.389. The SMILES string of the molecule is NC1=CCC(c2nc3ccc(N4CCCC(O)C4)cc3[nH]2)C=C1[N+](=O)[O-]. The van der Waals surface area contributed by atoms with Gasteiger partial charge in [-0.3, -0.25) is 10.1 Å². The molecule has 1 aromatic heterocycles. The minimum absolute atomic E-state index is 0.0651. The van der Waals surface area contributed by atoms with E-state index < -0.39 is 4.92 Å². The molecule has 2 heterocycles. The molecule has 136 valence electrons. The molecule has 1 saturated heterocycles. The molecule has 2 atom stereocenters. The number of benzene rings is 1. The first kappa shape index (κ1) is 16.6. The molecule has 1 aliphatic carbocycles. The number of piperidine rings is 1. The monoisotopic (exact) mass is 355 g/mol. The van der Waals surface area contributed by atoms with Gasteiger partial charge in [0.15, 0.2) is 0 Å². The number of imidazole rings is 1. The lowest BCUT2D eigenvalue weighted by Crippen LogP contribution is -2.38. The van der Waals surface area contributed by atoms with E-state index in [1.165, 1.54) is 0 Å². The number of rotatable bonds is 3. The van der Waals surface area contributed by atoms with Gasteiger partial charge in [0.2, 0.25) is 0 Å². The van der Waals surface area contributed by atoms with Gasteiger partial charge in [-0.1, -0.05) is 6.08 Å². The lowest BCUT2D eigenvalue weighted by molar-refractivity contribution is -0.421. The fourth-order valence-electron chi connectivity index (χ4n) is 3.65. The molecule has 2 aliphatic rings. The summed E-state index contributed by atoms with van der Waals surface area (Å²) in [5, 5.41) is 21.0. The van der Waals surface area contributed by atoms with E-state index in [9.17, 15) is 15.2 Å². The Morgan fingerprint density at radius 3 is 3.04 bits per heavy atom. The van der Waals surface area contributed by atoms with Gasteiger partial charge in [-0.05, 0) is 37.5 Å². The number of anilines is 1. The molecule has 0 amide bonds. The van der Waals surface area contributed by atoms with Gasteiger partial charge < -0.3 is 20.7 Å². The van der Waals surface area contributed by atoms with Crippen molar-refractivity contribution in [3.8, 4) is 0 Å². The molecule has 0 bridgehead atoms. The van der Waals surface area contributed by atoms with Crippen molar-refractivity contribution in [1.29, 1.82) is 0 Å². The summed E-state index contributed by atoms with van der Waals surface area (Å²) in [5.41, 5.74) is 8.59. The number of aliphatic hydroxyl groups is 1. The highest BCUT2D eigenvalue weighted by molar-refractivity contribution is 5.80. The molecule has 26 heavy (non-hydrogen) atoms. The molecule has 8 nitrogen and oxygen atoms in total. The summed E-state index contributed by atoms with van der Waals surface area (Å²) in [6.45, 7) is 1.55. The van der Waals surface area contributed by atoms with Crippen LogP contribution < -0.4 is 10.6 Å². The molecule has 1 fully saturated rings. The normalized spacial score (nSPS) is 23.7. The zero-order chi connectivity index (χ0) is 18.3. The number of H-pyrrole nitrogens is 1. The number of aromatic nitrogens is 2. The van der Waals surface area contributed by atoms with E-state index in [4.69, 9.17) is 5.73 Å². The number of hydrogen-bond donors (Lipinski definition) is 3. The number of allylic oxidation sites excluding steroid dienone is 2. The number of fused-ring (bicyclic) bond motifs is 1. The van der Waals surface area contributed by atoms with Crippen molar-refractivity contribution in [2.24, 2.45) is 5.73 Å². The van der Waals surface area contributed by atoms with Crippen LogP contribution in [0.4, 0.5) is 5.69 Å². The molecule has 8 heteroatoms. The Hall–Kier alpha value is -2.87. The molecule has 4 N–H and O–H groups in total. The molecule has 2 aromatic rings. The number of aliphatic hydroxyl groups excluding tert-OH is 1. The minimum Gasteiger partial charge on any atom is -0.393 e. The highest BCUT2D eigenvalue weighted by Gasteiger charge is 2.25. The summed E-state index contributed by atoms with van der Waals surface area (Å²) in [4.78, 5) is 20.7. The van der Waals surface area contributed by atoms with Crippen molar-refractivity contribution in [3.05, 3.63) is 57.7 Å².